The van der Waals surface area contributed by atoms with Gasteiger partial charge in [0.1, 0.15) is 11.6 Å². The second-order valence-electron chi connectivity index (χ2n) is 8.05. The summed E-state index contributed by atoms with van der Waals surface area (Å²) in [5, 5.41) is 13.5. The van der Waals surface area contributed by atoms with Gasteiger partial charge in [-0.25, -0.2) is 4.39 Å². The molecule has 36 heavy (non-hydrogen) atoms. The van der Waals surface area contributed by atoms with E-state index in [-0.39, 0.29) is 18.3 Å². The first-order valence-corrected chi connectivity index (χ1v) is 12.8. The number of amides is 1. The maximum absolute atomic E-state index is 13.3. The van der Waals surface area contributed by atoms with Gasteiger partial charge in [0.25, 0.3) is 5.91 Å². The molecule has 186 valence electrons. The second kappa shape index (κ2) is 11.8. The third kappa shape index (κ3) is 6.57. The minimum absolute atomic E-state index is 0.164. The van der Waals surface area contributed by atoms with Gasteiger partial charge in [-0.05, 0) is 73.5 Å². The van der Waals surface area contributed by atoms with Crippen LogP contribution in [0.2, 0.25) is 10.0 Å². The third-order valence-corrected chi connectivity index (χ3v) is 6.79. The first-order valence-electron chi connectivity index (χ1n) is 11.1. The number of carbonyl (C=O) groups is 1. The number of ether oxygens (including phenoxy) is 1. The van der Waals surface area contributed by atoms with Gasteiger partial charge in [-0.2, -0.15) is 0 Å². The fourth-order valence-electron chi connectivity index (χ4n) is 3.46. The van der Waals surface area contributed by atoms with Crippen molar-refractivity contribution in [2.45, 2.75) is 30.8 Å². The molecule has 0 bridgehead atoms. The first-order chi connectivity index (χ1) is 17.3. The molecule has 0 spiro atoms. The first kappa shape index (κ1) is 26.0. The molecule has 0 aliphatic heterocycles. The summed E-state index contributed by atoms with van der Waals surface area (Å²) in [6.07, 6.45) is 0. The number of aryl methyl sites for hydroxylation is 1. The van der Waals surface area contributed by atoms with Crippen LogP contribution in [0.15, 0.2) is 71.9 Å². The molecule has 0 saturated carbocycles. The molecule has 0 fully saturated rings. The molecular weight excluding hydrogens is 522 g/mol. The van der Waals surface area contributed by atoms with Gasteiger partial charge >= 0.3 is 0 Å². The Bertz CT molecular complexity index is 1350. The number of halogens is 3. The smallest absolute Gasteiger partial charge is 0.258 e. The predicted octanol–water partition coefficient (Wildman–Crippen LogP) is 6.57. The average molecular weight is 545 g/mol. The molecule has 0 saturated heterocycles. The lowest BCUT2D eigenvalue weighted by atomic mass is 10.2. The van der Waals surface area contributed by atoms with Crippen LogP contribution in [-0.4, -0.2) is 27.3 Å². The van der Waals surface area contributed by atoms with Gasteiger partial charge in [0.15, 0.2) is 17.6 Å². The number of hydrogen-bond donors (Lipinski definition) is 1. The summed E-state index contributed by atoms with van der Waals surface area (Å²) in [6, 6.07) is 18.2. The quantitative estimate of drug-likeness (QED) is 0.241. The molecule has 10 heteroatoms. The van der Waals surface area contributed by atoms with Crippen LogP contribution in [0, 0.1) is 12.7 Å². The van der Waals surface area contributed by atoms with E-state index in [9.17, 15) is 9.18 Å². The van der Waals surface area contributed by atoms with Crippen LogP contribution in [0.5, 0.6) is 5.75 Å². The number of aromatic nitrogens is 3. The lowest BCUT2D eigenvalue weighted by molar-refractivity contribution is -0.123. The van der Waals surface area contributed by atoms with Crippen LogP contribution < -0.4 is 10.1 Å². The van der Waals surface area contributed by atoms with Gasteiger partial charge in [0.05, 0.1) is 11.7 Å². The van der Waals surface area contributed by atoms with Crippen molar-refractivity contribution in [3.8, 4) is 11.4 Å². The fourth-order valence-corrected chi connectivity index (χ4v) is 4.66. The molecule has 0 aliphatic carbocycles. The van der Waals surface area contributed by atoms with Crippen LogP contribution in [-0.2, 0) is 10.5 Å². The molecule has 1 heterocycles. The summed E-state index contributed by atoms with van der Waals surface area (Å²) in [6.45, 7) is 3.63. The van der Waals surface area contributed by atoms with Crippen LogP contribution in [0.3, 0.4) is 0 Å². The van der Waals surface area contributed by atoms with E-state index in [1.165, 1.54) is 23.9 Å². The zero-order valence-corrected chi connectivity index (χ0v) is 21.9. The number of nitrogens with zero attached hydrogens (tertiary/aromatic N) is 3. The third-order valence-electron chi connectivity index (χ3n) is 5.30. The molecule has 1 unspecified atom stereocenters. The number of hydrogen-bond acceptors (Lipinski definition) is 5. The monoisotopic (exact) mass is 544 g/mol. The Kier molecular flexibility index (Phi) is 8.51. The van der Waals surface area contributed by atoms with Crippen molar-refractivity contribution in [2.75, 3.05) is 6.61 Å². The van der Waals surface area contributed by atoms with E-state index in [1.54, 1.807) is 36.4 Å². The van der Waals surface area contributed by atoms with Crippen molar-refractivity contribution < 1.29 is 13.9 Å². The van der Waals surface area contributed by atoms with E-state index < -0.39 is 6.04 Å². The SMILES string of the molecule is Cc1ccc(Cl)cc1-n1c(SCc2ccc(F)cc2)nnc1C(C)NC(=O)COc1ccc(Cl)cc1. The summed E-state index contributed by atoms with van der Waals surface area (Å²) >= 11 is 13.7. The molecule has 1 N–H and O–H groups in total. The highest BCUT2D eigenvalue weighted by Gasteiger charge is 2.22. The Labute approximate surface area is 222 Å². The number of benzene rings is 3. The minimum atomic E-state index is -0.475. The number of rotatable bonds is 9. The predicted molar refractivity (Wildman–Crippen MR) is 141 cm³/mol. The maximum Gasteiger partial charge on any atom is 0.258 e. The largest absolute Gasteiger partial charge is 0.484 e. The highest BCUT2D eigenvalue weighted by atomic mass is 35.5. The number of nitrogens with one attached hydrogen (secondary N) is 1. The average Bonchev–Trinajstić information content (AvgIpc) is 3.29. The van der Waals surface area contributed by atoms with Gasteiger partial charge in [-0.1, -0.05) is 53.2 Å². The Hall–Kier alpha value is -3.07. The molecule has 0 aliphatic rings. The van der Waals surface area contributed by atoms with E-state index >= 15 is 0 Å². The summed E-state index contributed by atoms with van der Waals surface area (Å²) in [5.74, 6) is 1.05. The summed E-state index contributed by atoms with van der Waals surface area (Å²) in [4.78, 5) is 12.6. The Morgan fingerprint density at radius 2 is 1.75 bits per heavy atom. The normalized spacial score (nSPS) is 11.8. The standard InChI is InChI=1S/C26H23Cl2FN4O2S/c1-16-3-6-20(28)13-23(16)33-25(31-32-26(33)36-15-18-4-9-21(29)10-5-18)17(2)30-24(34)14-35-22-11-7-19(27)8-12-22/h3-13,17H,14-15H2,1-2H3,(H,30,34). The highest BCUT2D eigenvalue weighted by molar-refractivity contribution is 7.98. The summed E-state index contributed by atoms with van der Waals surface area (Å²) in [5.41, 5.74) is 2.72. The topological polar surface area (TPSA) is 69.0 Å². The van der Waals surface area contributed by atoms with Gasteiger partial charge < -0.3 is 10.1 Å². The van der Waals surface area contributed by atoms with Crippen molar-refractivity contribution in [1.82, 2.24) is 20.1 Å². The van der Waals surface area contributed by atoms with Gasteiger partial charge in [-0.15, -0.1) is 10.2 Å². The zero-order chi connectivity index (χ0) is 25.7. The van der Waals surface area contributed by atoms with Crippen LogP contribution >= 0.6 is 35.0 Å². The van der Waals surface area contributed by atoms with Crippen LogP contribution in [0.25, 0.3) is 5.69 Å². The molecule has 0 radical (unpaired) electrons. The Morgan fingerprint density at radius 1 is 1.06 bits per heavy atom. The number of thioether (sulfide) groups is 1. The lowest BCUT2D eigenvalue weighted by Gasteiger charge is -2.18. The molecular formula is C26H23Cl2FN4O2S. The van der Waals surface area contributed by atoms with Gasteiger partial charge in [0.2, 0.25) is 0 Å². The molecule has 1 atom stereocenters. The molecule has 4 rings (SSSR count). The number of carbonyl (C=O) groups excluding carboxylic acids is 1. The van der Waals surface area contributed by atoms with E-state index in [0.29, 0.717) is 32.5 Å². The Balaban J connectivity index is 1.54. The summed E-state index contributed by atoms with van der Waals surface area (Å²) in [7, 11) is 0. The van der Waals surface area contributed by atoms with Crippen molar-refractivity contribution in [3.05, 3.63) is 99.5 Å². The maximum atomic E-state index is 13.3. The van der Waals surface area contributed by atoms with E-state index in [4.69, 9.17) is 27.9 Å². The van der Waals surface area contributed by atoms with Crippen molar-refractivity contribution in [3.63, 3.8) is 0 Å². The second-order valence-corrected chi connectivity index (χ2v) is 9.87. The van der Waals surface area contributed by atoms with Gasteiger partial charge in [-0.3, -0.25) is 9.36 Å². The lowest BCUT2D eigenvalue weighted by Crippen LogP contribution is -2.32. The molecule has 1 aromatic heterocycles. The minimum Gasteiger partial charge on any atom is -0.484 e. The van der Waals surface area contributed by atoms with Crippen LogP contribution in [0.4, 0.5) is 4.39 Å². The van der Waals surface area contributed by atoms with Gasteiger partial charge in [0, 0.05) is 15.8 Å². The zero-order valence-electron chi connectivity index (χ0n) is 19.5. The van der Waals surface area contributed by atoms with Crippen molar-refractivity contribution in [2.24, 2.45) is 0 Å². The van der Waals surface area contributed by atoms with Crippen LogP contribution in [0.1, 0.15) is 29.9 Å². The van der Waals surface area contributed by atoms with E-state index in [1.807, 2.05) is 36.6 Å². The van der Waals surface area contributed by atoms with E-state index in [2.05, 4.69) is 15.5 Å². The van der Waals surface area contributed by atoms with E-state index in [0.717, 1.165) is 16.8 Å². The van der Waals surface area contributed by atoms with Crippen molar-refractivity contribution in [1.29, 1.82) is 0 Å². The molecule has 6 nitrogen and oxygen atoms in total. The molecule has 1 amide bonds. The highest BCUT2D eigenvalue weighted by Crippen LogP contribution is 2.30. The fraction of sp³-hybridized carbons (Fsp3) is 0.192. The Morgan fingerprint density at radius 3 is 2.47 bits per heavy atom. The van der Waals surface area contributed by atoms with Crippen molar-refractivity contribution >= 4 is 40.9 Å². The molecule has 4 aromatic rings. The molecule has 3 aromatic carbocycles. The summed E-state index contributed by atoms with van der Waals surface area (Å²) < 4.78 is 20.7.